The van der Waals surface area contributed by atoms with Crippen molar-refractivity contribution in [1.29, 1.82) is 0 Å². The molecule has 1 N–H and O–H groups in total. The van der Waals surface area contributed by atoms with Gasteiger partial charge in [0.25, 0.3) is 0 Å². The number of benzene rings is 4. The van der Waals surface area contributed by atoms with E-state index >= 15 is 0 Å². The number of hydrogen-bond donors (Lipinski definition) is 1. The van der Waals surface area contributed by atoms with E-state index in [-0.39, 0.29) is 18.3 Å². The van der Waals surface area contributed by atoms with Crippen LogP contribution in [0.15, 0.2) is 84.9 Å². The standard InChI is InChI=1S/C37H34Cl2FNO3/c38-29-12-16-33(35(39)22-29)34-4-1-3-28-21-27(24-5-7-26(8-6-24)37(42)43)11-15-32(28)36(34)25-9-13-30(14-10-25)44-31-17-20-41(23-31)19-2-18-40/h5-16,21-22,31H,1-4,17-20,23H2,(H,42,43). The van der Waals surface area contributed by atoms with Gasteiger partial charge in [-0.05, 0) is 113 Å². The predicted octanol–water partition coefficient (Wildman–Crippen LogP) is 9.47. The predicted molar refractivity (Wildman–Crippen MR) is 177 cm³/mol. The highest BCUT2D eigenvalue weighted by molar-refractivity contribution is 6.36. The van der Waals surface area contributed by atoms with Crippen molar-refractivity contribution < 1.29 is 19.0 Å². The van der Waals surface area contributed by atoms with E-state index in [1.54, 1.807) is 18.2 Å². The molecule has 1 unspecified atom stereocenters. The summed E-state index contributed by atoms with van der Waals surface area (Å²) in [5.74, 6) is -0.108. The van der Waals surface area contributed by atoms with E-state index in [9.17, 15) is 14.3 Å². The van der Waals surface area contributed by atoms with Crippen LogP contribution in [0.1, 0.15) is 58.3 Å². The van der Waals surface area contributed by atoms with Crippen LogP contribution in [0.2, 0.25) is 10.0 Å². The summed E-state index contributed by atoms with van der Waals surface area (Å²) in [7, 11) is 0. The lowest BCUT2D eigenvalue weighted by molar-refractivity contribution is 0.0697. The average molecular weight is 631 g/mol. The molecule has 6 rings (SSSR count). The molecular weight excluding hydrogens is 596 g/mol. The van der Waals surface area contributed by atoms with Gasteiger partial charge in [0.2, 0.25) is 0 Å². The Balaban J connectivity index is 1.36. The number of carboxylic acid groups (broad SMARTS) is 1. The van der Waals surface area contributed by atoms with Crippen LogP contribution in [0.25, 0.3) is 22.3 Å². The molecule has 44 heavy (non-hydrogen) atoms. The molecule has 0 radical (unpaired) electrons. The topological polar surface area (TPSA) is 49.8 Å². The SMILES string of the molecule is O=C(O)c1ccc(-c2ccc3c(c2)CCCC(c2ccc(Cl)cc2Cl)=C3c2ccc(OC3CCN(CCCF)C3)cc2)cc1. The lowest BCUT2D eigenvalue weighted by Gasteiger charge is -2.19. The number of halogens is 3. The summed E-state index contributed by atoms with van der Waals surface area (Å²) >= 11 is 13.1. The monoisotopic (exact) mass is 629 g/mol. The molecule has 4 nitrogen and oxygen atoms in total. The third-order valence-electron chi connectivity index (χ3n) is 8.55. The lowest BCUT2D eigenvalue weighted by atomic mass is 9.87. The second kappa shape index (κ2) is 13.6. The van der Waals surface area contributed by atoms with E-state index in [0.717, 1.165) is 84.5 Å². The van der Waals surface area contributed by atoms with E-state index in [0.29, 0.717) is 16.5 Å². The molecule has 7 heteroatoms. The van der Waals surface area contributed by atoms with Crippen LogP contribution in [0, 0.1) is 0 Å². The molecule has 2 aliphatic rings. The highest BCUT2D eigenvalue weighted by atomic mass is 35.5. The summed E-state index contributed by atoms with van der Waals surface area (Å²) in [5, 5.41) is 10.5. The normalized spacial score (nSPS) is 16.9. The van der Waals surface area contributed by atoms with Crippen LogP contribution in [0.4, 0.5) is 4.39 Å². The third kappa shape index (κ3) is 6.71. The van der Waals surface area contributed by atoms with Crippen molar-refractivity contribution in [2.45, 2.75) is 38.2 Å². The Bertz CT molecular complexity index is 1680. The van der Waals surface area contributed by atoms with Gasteiger partial charge in [0.05, 0.1) is 12.2 Å². The number of ether oxygens (including phenoxy) is 1. The molecule has 0 aromatic heterocycles. The summed E-state index contributed by atoms with van der Waals surface area (Å²) in [4.78, 5) is 13.6. The Morgan fingerprint density at radius 2 is 1.61 bits per heavy atom. The molecule has 0 saturated carbocycles. The van der Waals surface area contributed by atoms with Crippen LogP contribution in [0.5, 0.6) is 5.75 Å². The minimum atomic E-state index is -0.933. The second-order valence-electron chi connectivity index (χ2n) is 11.5. The fourth-order valence-electron chi connectivity index (χ4n) is 6.38. The number of allylic oxidation sites excluding steroid dienone is 1. The van der Waals surface area contributed by atoms with Gasteiger partial charge in [-0.15, -0.1) is 0 Å². The lowest BCUT2D eigenvalue weighted by Crippen LogP contribution is -2.26. The molecule has 1 fully saturated rings. The number of nitrogens with zero attached hydrogens (tertiary/aromatic N) is 1. The molecule has 4 aromatic rings. The smallest absolute Gasteiger partial charge is 0.335 e. The maximum Gasteiger partial charge on any atom is 0.335 e. The van der Waals surface area contributed by atoms with Gasteiger partial charge in [-0.25, -0.2) is 4.79 Å². The maximum atomic E-state index is 12.6. The summed E-state index contributed by atoms with van der Waals surface area (Å²) in [6.07, 6.45) is 4.31. The number of hydrogen-bond acceptors (Lipinski definition) is 3. The van der Waals surface area contributed by atoms with Gasteiger partial charge in [-0.3, -0.25) is 9.29 Å². The molecule has 226 valence electrons. The van der Waals surface area contributed by atoms with Gasteiger partial charge in [0.15, 0.2) is 0 Å². The van der Waals surface area contributed by atoms with E-state index in [4.69, 9.17) is 27.9 Å². The maximum absolute atomic E-state index is 12.6. The first-order chi connectivity index (χ1) is 21.4. The molecule has 0 bridgehead atoms. The van der Waals surface area contributed by atoms with Crippen molar-refractivity contribution in [3.63, 3.8) is 0 Å². The van der Waals surface area contributed by atoms with Gasteiger partial charge in [0, 0.05) is 29.7 Å². The van der Waals surface area contributed by atoms with Crippen molar-refractivity contribution in [3.05, 3.63) is 123 Å². The Labute approximate surface area is 267 Å². The van der Waals surface area contributed by atoms with E-state index in [1.165, 1.54) is 11.1 Å². The Hall–Kier alpha value is -3.64. The minimum Gasteiger partial charge on any atom is -0.489 e. The Morgan fingerprint density at radius 3 is 2.34 bits per heavy atom. The highest BCUT2D eigenvalue weighted by Crippen LogP contribution is 2.43. The first kappa shape index (κ1) is 30.4. The van der Waals surface area contributed by atoms with Crippen LogP contribution in [-0.4, -0.2) is 48.4 Å². The largest absolute Gasteiger partial charge is 0.489 e. The molecule has 1 saturated heterocycles. The zero-order valence-corrected chi connectivity index (χ0v) is 25.9. The van der Waals surface area contributed by atoms with Crippen molar-refractivity contribution >= 4 is 40.3 Å². The molecule has 1 heterocycles. The number of likely N-dealkylation sites (tertiary alicyclic amines) is 1. The van der Waals surface area contributed by atoms with Crippen molar-refractivity contribution in [2.75, 3.05) is 26.3 Å². The van der Waals surface area contributed by atoms with Crippen molar-refractivity contribution in [3.8, 4) is 16.9 Å². The van der Waals surface area contributed by atoms with Crippen LogP contribution in [0.3, 0.4) is 0 Å². The molecule has 1 aliphatic heterocycles. The molecule has 0 spiro atoms. The average Bonchev–Trinajstić information content (AvgIpc) is 3.39. The number of rotatable bonds is 9. The van der Waals surface area contributed by atoms with E-state index in [1.807, 2.05) is 36.4 Å². The zero-order chi connectivity index (χ0) is 30.6. The number of carboxylic acids is 1. The summed E-state index contributed by atoms with van der Waals surface area (Å²) in [6, 6.07) is 27.5. The third-order valence-corrected chi connectivity index (χ3v) is 9.10. The van der Waals surface area contributed by atoms with Gasteiger partial charge < -0.3 is 9.84 Å². The van der Waals surface area contributed by atoms with E-state index in [2.05, 4.69) is 35.2 Å². The summed E-state index contributed by atoms with van der Waals surface area (Å²) in [5.41, 5.74) is 9.06. The first-order valence-electron chi connectivity index (χ1n) is 15.1. The Morgan fingerprint density at radius 1 is 0.886 bits per heavy atom. The molecule has 1 aliphatic carbocycles. The number of aryl methyl sites for hydroxylation is 1. The molecule has 4 aromatic carbocycles. The van der Waals surface area contributed by atoms with Crippen LogP contribution < -0.4 is 4.74 Å². The summed E-state index contributed by atoms with van der Waals surface area (Å²) < 4.78 is 18.9. The van der Waals surface area contributed by atoms with Gasteiger partial charge >= 0.3 is 5.97 Å². The molecule has 1 atom stereocenters. The molecule has 0 amide bonds. The number of alkyl halides is 1. The van der Waals surface area contributed by atoms with Crippen molar-refractivity contribution in [1.82, 2.24) is 4.90 Å². The minimum absolute atomic E-state index is 0.102. The van der Waals surface area contributed by atoms with E-state index < -0.39 is 5.97 Å². The number of fused-ring (bicyclic) bond motifs is 1. The molecular formula is C37H34Cl2FNO3. The van der Waals surface area contributed by atoms with Gasteiger partial charge in [0.1, 0.15) is 11.9 Å². The fourth-order valence-corrected chi connectivity index (χ4v) is 6.90. The van der Waals surface area contributed by atoms with Crippen LogP contribution in [-0.2, 0) is 6.42 Å². The quantitative estimate of drug-likeness (QED) is 0.200. The highest BCUT2D eigenvalue weighted by Gasteiger charge is 2.25. The van der Waals surface area contributed by atoms with Gasteiger partial charge in [-0.1, -0.05) is 71.7 Å². The second-order valence-corrected chi connectivity index (χ2v) is 12.3. The number of aromatic carboxylic acids is 1. The fraction of sp³-hybridized carbons (Fsp3) is 0.270. The van der Waals surface area contributed by atoms with Gasteiger partial charge in [-0.2, -0.15) is 0 Å². The first-order valence-corrected chi connectivity index (χ1v) is 15.9. The Kier molecular flexibility index (Phi) is 9.36. The van der Waals surface area contributed by atoms with Crippen molar-refractivity contribution in [2.24, 2.45) is 0 Å². The zero-order valence-electron chi connectivity index (χ0n) is 24.4. The number of carbonyl (C=O) groups is 1. The summed E-state index contributed by atoms with van der Waals surface area (Å²) in [6.45, 7) is 2.24. The van der Waals surface area contributed by atoms with Crippen LogP contribution >= 0.6 is 23.2 Å².